The highest BCUT2D eigenvalue weighted by atomic mass is 16.6. The zero-order chi connectivity index (χ0) is 18.3. The van der Waals surface area contributed by atoms with Crippen molar-refractivity contribution in [3.05, 3.63) is 34.2 Å². The molecule has 0 aliphatic carbocycles. The maximum Gasteiger partial charge on any atom is 0.407 e. The molecule has 10 nitrogen and oxygen atoms in total. The Morgan fingerprint density at radius 3 is 2.46 bits per heavy atom. The molecular weight excluding hydrogens is 322 g/mol. The molecule has 130 valence electrons. The van der Waals surface area contributed by atoms with Crippen LogP contribution in [-0.2, 0) is 16.1 Å². The maximum absolute atomic E-state index is 11.8. The van der Waals surface area contributed by atoms with E-state index < -0.39 is 30.1 Å². The number of amides is 1. The van der Waals surface area contributed by atoms with Crippen molar-refractivity contribution in [3.63, 3.8) is 0 Å². The molecule has 0 bridgehead atoms. The molecule has 0 aliphatic rings. The summed E-state index contributed by atoms with van der Waals surface area (Å²) >= 11 is 0. The number of hydrogen-bond donors (Lipinski definition) is 4. The lowest BCUT2D eigenvalue weighted by atomic mass is 10.1. The van der Waals surface area contributed by atoms with E-state index in [1.54, 1.807) is 0 Å². The smallest absolute Gasteiger partial charge is 0.407 e. The van der Waals surface area contributed by atoms with Crippen molar-refractivity contribution in [2.24, 2.45) is 5.29 Å². The van der Waals surface area contributed by atoms with Crippen LogP contribution in [0.1, 0.15) is 36.2 Å². The van der Waals surface area contributed by atoms with E-state index in [-0.39, 0.29) is 23.4 Å². The fourth-order valence-corrected chi connectivity index (χ4v) is 1.98. The van der Waals surface area contributed by atoms with Gasteiger partial charge in [0.2, 0.25) is 0 Å². The Hall–Kier alpha value is -3.17. The fraction of sp³-hybridized carbons (Fsp3) is 0.357. The average Bonchev–Trinajstić information content (AvgIpc) is 2.43. The van der Waals surface area contributed by atoms with Crippen LogP contribution < -0.4 is 10.7 Å². The highest BCUT2D eigenvalue weighted by molar-refractivity contribution is 5.91. The Bertz CT molecular complexity index is 658. The highest BCUT2D eigenvalue weighted by Crippen LogP contribution is 2.21. The summed E-state index contributed by atoms with van der Waals surface area (Å²) in [6.45, 7) is 2.59. The molecule has 0 heterocycles. The second kappa shape index (κ2) is 7.90. The van der Waals surface area contributed by atoms with Crippen molar-refractivity contribution in [2.45, 2.75) is 32.4 Å². The van der Waals surface area contributed by atoms with E-state index in [0.29, 0.717) is 0 Å². The predicted octanol–water partition coefficient (Wildman–Crippen LogP) is 1.96. The maximum atomic E-state index is 11.8. The second-order valence-electron chi connectivity index (χ2n) is 5.41. The third-order valence-electron chi connectivity index (χ3n) is 2.93. The SMILES string of the molecule is CC(C)(CC(=O)O)OC(=O)NCc1c(NN=O)cccc1C(=O)O. The summed E-state index contributed by atoms with van der Waals surface area (Å²) in [5.41, 5.74) is 0.976. The Labute approximate surface area is 136 Å². The number of carbonyl (C=O) groups excluding carboxylic acids is 1. The monoisotopic (exact) mass is 339 g/mol. The van der Waals surface area contributed by atoms with Gasteiger partial charge in [0.1, 0.15) is 5.60 Å². The van der Waals surface area contributed by atoms with Crippen LogP contribution in [0.15, 0.2) is 23.5 Å². The number of ether oxygens (including phenoxy) is 1. The molecular formula is C14H17N3O7. The van der Waals surface area contributed by atoms with Gasteiger partial charge in [-0.3, -0.25) is 4.79 Å². The first-order chi connectivity index (χ1) is 11.2. The second-order valence-corrected chi connectivity index (χ2v) is 5.41. The molecule has 0 radical (unpaired) electrons. The van der Waals surface area contributed by atoms with Crippen LogP contribution in [0.3, 0.4) is 0 Å². The van der Waals surface area contributed by atoms with Gasteiger partial charge in [-0.1, -0.05) is 6.07 Å². The number of carbonyl (C=O) groups is 3. The number of rotatable bonds is 8. The van der Waals surface area contributed by atoms with Gasteiger partial charge in [-0.15, -0.1) is 4.91 Å². The Morgan fingerprint density at radius 1 is 1.25 bits per heavy atom. The number of nitrogens with zero attached hydrogens (tertiary/aromatic N) is 1. The first-order valence-corrected chi connectivity index (χ1v) is 6.78. The van der Waals surface area contributed by atoms with E-state index >= 15 is 0 Å². The highest BCUT2D eigenvalue weighted by Gasteiger charge is 2.26. The van der Waals surface area contributed by atoms with E-state index in [4.69, 9.17) is 14.9 Å². The third-order valence-corrected chi connectivity index (χ3v) is 2.93. The van der Waals surface area contributed by atoms with Gasteiger partial charge in [-0.25, -0.2) is 15.0 Å². The van der Waals surface area contributed by atoms with Gasteiger partial charge < -0.3 is 20.3 Å². The van der Waals surface area contributed by atoms with Crippen LogP contribution in [0.2, 0.25) is 0 Å². The number of nitroso groups, excluding NO2 is 1. The molecule has 1 rings (SSSR count). The summed E-state index contributed by atoms with van der Waals surface area (Å²) in [6, 6.07) is 4.13. The van der Waals surface area contributed by atoms with Crippen molar-refractivity contribution in [2.75, 3.05) is 5.43 Å². The summed E-state index contributed by atoms with van der Waals surface area (Å²) < 4.78 is 4.99. The molecule has 24 heavy (non-hydrogen) atoms. The first kappa shape index (κ1) is 18.9. The van der Waals surface area contributed by atoms with Gasteiger partial charge in [0.15, 0.2) is 0 Å². The number of carboxylic acid groups (broad SMARTS) is 2. The molecule has 0 atom stereocenters. The molecule has 0 saturated carbocycles. The molecule has 0 saturated heterocycles. The number of anilines is 1. The minimum Gasteiger partial charge on any atom is -0.481 e. The van der Waals surface area contributed by atoms with Gasteiger partial charge in [-0.2, -0.15) is 0 Å². The van der Waals surface area contributed by atoms with Crippen molar-refractivity contribution in [1.82, 2.24) is 5.32 Å². The zero-order valence-corrected chi connectivity index (χ0v) is 13.0. The molecule has 1 aromatic rings. The lowest BCUT2D eigenvalue weighted by Crippen LogP contribution is -2.36. The largest absolute Gasteiger partial charge is 0.481 e. The molecule has 0 aromatic heterocycles. The number of hydrogen-bond acceptors (Lipinski definition) is 6. The molecule has 10 heteroatoms. The lowest BCUT2D eigenvalue weighted by molar-refractivity contribution is -0.141. The Morgan fingerprint density at radius 2 is 1.92 bits per heavy atom. The molecule has 0 unspecified atom stereocenters. The summed E-state index contributed by atoms with van der Waals surface area (Å²) in [5.74, 6) is -2.38. The standard InChI is InChI=1S/C14H17N3O7/c1-14(2,6-11(18)19)24-13(22)15-7-9-8(12(20)21)4-3-5-10(9)16-17-23/h3-5H,6-7H2,1-2H3,(H,15,22)(H,16,23)(H,18,19)(H,20,21). The predicted molar refractivity (Wildman–Crippen MR) is 82.5 cm³/mol. The third kappa shape index (κ3) is 5.55. The summed E-state index contributed by atoms with van der Waals surface area (Å²) in [5, 5.41) is 22.7. The number of nitrogens with one attached hydrogen (secondary N) is 2. The van der Waals surface area contributed by atoms with E-state index in [1.165, 1.54) is 32.0 Å². The number of benzene rings is 1. The fourth-order valence-electron chi connectivity index (χ4n) is 1.98. The number of carboxylic acids is 2. The number of alkyl carbamates (subject to hydrolysis) is 1. The zero-order valence-electron chi connectivity index (χ0n) is 13.0. The van der Waals surface area contributed by atoms with Crippen LogP contribution >= 0.6 is 0 Å². The molecule has 0 fully saturated rings. The van der Waals surface area contributed by atoms with Crippen LogP contribution in [0.4, 0.5) is 10.5 Å². The number of aromatic carboxylic acids is 1. The van der Waals surface area contributed by atoms with E-state index in [0.717, 1.165) is 0 Å². The minimum absolute atomic E-state index is 0.120. The van der Waals surface area contributed by atoms with Crippen LogP contribution in [0.5, 0.6) is 0 Å². The Balaban J connectivity index is 2.86. The van der Waals surface area contributed by atoms with Crippen LogP contribution in [0.25, 0.3) is 0 Å². The minimum atomic E-state index is -1.25. The van der Waals surface area contributed by atoms with E-state index in [2.05, 4.69) is 16.0 Å². The van der Waals surface area contributed by atoms with Crippen molar-refractivity contribution < 1.29 is 29.3 Å². The van der Waals surface area contributed by atoms with Crippen LogP contribution in [0, 0.1) is 4.91 Å². The first-order valence-electron chi connectivity index (χ1n) is 6.78. The normalized spacial score (nSPS) is 10.6. The molecule has 1 aromatic carbocycles. The summed E-state index contributed by atoms with van der Waals surface area (Å²) in [7, 11) is 0. The topological polar surface area (TPSA) is 154 Å². The van der Waals surface area contributed by atoms with E-state index in [1.807, 2.05) is 0 Å². The quantitative estimate of drug-likeness (QED) is 0.414. The van der Waals surface area contributed by atoms with Crippen molar-refractivity contribution >= 4 is 23.7 Å². The summed E-state index contributed by atoms with van der Waals surface area (Å²) in [6.07, 6.45) is -1.32. The lowest BCUT2D eigenvalue weighted by Gasteiger charge is -2.23. The molecule has 0 spiro atoms. The summed E-state index contributed by atoms with van der Waals surface area (Å²) in [4.78, 5) is 44.1. The Kier molecular flexibility index (Phi) is 6.22. The van der Waals surface area contributed by atoms with Gasteiger partial charge in [0.25, 0.3) is 0 Å². The van der Waals surface area contributed by atoms with E-state index in [9.17, 15) is 19.3 Å². The molecule has 4 N–H and O–H groups in total. The van der Waals surface area contributed by atoms with Gasteiger partial charge >= 0.3 is 18.0 Å². The van der Waals surface area contributed by atoms with Gasteiger partial charge in [-0.05, 0) is 26.0 Å². The average molecular weight is 339 g/mol. The van der Waals surface area contributed by atoms with Crippen molar-refractivity contribution in [3.8, 4) is 0 Å². The van der Waals surface area contributed by atoms with Gasteiger partial charge in [0, 0.05) is 12.1 Å². The molecule has 1 amide bonds. The molecule has 0 aliphatic heterocycles. The van der Waals surface area contributed by atoms with Crippen LogP contribution in [-0.4, -0.2) is 33.8 Å². The van der Waals surface area contributed by atoms with Crippen molar-refractivity contribution in [1.29, 1.82) is 0 Å². The number of aliphatic carboxylic acids is 1. The van der Waals surface area contributed by atoms with Gasteiger partial charge in [0.05, 0.1) is 23.0 Å².